The van der Waals surface area contributed by atoms with Crippen molar-refractivity contribution in [3.05, 3.63) is 54.1 Å². The number of fused-ring (bicyclic) bond motifs is 1. The fraction of sp³-hybridized carbons (Fsp3) is 0.235. The van der Waals surface area contributed by atoms with Crippen LogP contribution in [0.15, 0.2) is 48.5 Å². The maximum Gasteiger partial charge on any atom is 0.258 e. The molecule has 0 spiro atoms. The van der Waals surface area contributed by atoms with Crippen LogP contribution in [0.25, 0.3) is 0 Å². The van der Waals surface area contributed by atoms with E-state index in [-0.39, 0.29) is 5.91 Å². The van der Waals surface area contributed by atoms with E-state index in [0.29, 0.717) is 30.3 Å². The fourth-order valence-electron chi connectivity index (χ4n) is 2.26. The Labute approximate surface area is 123 Å². The standard InChI is InChI=1S/C17H17NO3/c1-18(14-6-3-2-4-7-14)17(19)13-8-9-15-16(12-13)21-11-5-10-20-15/h2-4,6-9,12H,5,10-11H2,1H3. The number of benzene rings is 2. The molecule has 21 heavy (non-hydrogen) atoms. The maximum absolute atomic E-state index is 12.5. The number of hydrogen-bond acceptors (Lipinski definition) is 3. The van der Waals surface area contributed by atoms with Crippen LogP contribution in [-0.4, -0.2) is 26.2 Å². The predicted octanol–water partition coefficient (Wildman–Crippen LogP) is 3.12. The number of carbonyl (C=O) groups is 1. The van der Waals surface area contributed by atoms with Crippen molar-refractivity contribution in [2.45, 2.75) is 6.42 Å². The first-order chi connectivity index (χ1) is 10.3. The molecule has 3 rings (SSSR count). The minimum Gasteiger partial charge on any atom is -0.490 e. The van der Waals surface area contributed by atoms with Crippen LogP contribution in [0.2, 0.25) is 0 Å². The van der Waals surface area contributed by atoms with Crippen LogP contribution < -0.4 is 14.4 Å². The Morgan fingerprint density at radius 2 is 1.71 bits per heavy atom. The topological polar surface area (TPSA) is 38.8 Å². The highest BCUT2D eigenvalue weighted by Gasteiger charge is 2.17. The van der Waals surface area contributed by atoms with Gasteiger partial charge < -0.3 is 14.4 Å². The normalized spacial score (nSPS) is 13.4. The van der Waals surface area contributed by atoms with Crippen molar-refractivity contribution in [3.63, 3.8) is 0 Å². The summed E-state index contributed by atoms with van der Waals surface area (Å²) in [4.78, 5) is 14.2. The van der Waals surface area contributed by atoms with Crippen molar-refractivity contribution in [1.29, 1.82) is 0 Å². The summed E-state index contributed by atoms with van der Waals surface area (Å²) < 4.78 is 11.2. The number of anilines is 1. The third kappa shape index (κ3) is 2.84. The van der Waals surface area contributed by atoms with Gasteiger partial charge in [-0.25, -0.2) is 0 Å². The van der Waals surface area contributed by atoms with Crippen LogP contribution in [0.1, 0.15) is 16.8 Å². The van der Waals surface area contributed by atoms with Gasteiger partial charge in [-0.05, 0) is 30.3 Å². The van der Waals surface area contributed by atoms with E-state index in [4.69, 9.17) is 9.47 Å². The number of nitrogens with zero attached hydrogens (tertiary/aromatic N) is 1. The zero-order valence-corrected chi connectivity index (χ0v) is 11.9. The second-order valence-electron chi connectivity index (χ2n) is 4.91. The van der Waals surface area contributed by atoms with Crippen molar-refractivity contribution in [2.75, 3.05) is 25.2 Å². The molecule has 0 bridgehead atoms. The lowest BCUT2D eigenvalue weighted by molar-refractivity contribution is 0.0992. The minimum atomic E-state index is -0.0724. The molecule has 0 fully saturated rings. The number of ether oxygens (including phenoxy) is 2. The quantitative estimate of drug-likeness (QED) is 0.850. The molecule has 0 N–H and O–H groups in total. The Balaban J connectivity index is 1.86. The molecule has 1 heterocycles. The molecule has 0 saturated carbocycles. The fourth-order valence-corrected chi connectivity index (χ4v) is 2.26. The third-order valence-corrected chi connectivity index (χ3v) is 3.44. The number of para-hydroxylation sites is 1. The molecule has 0 radical (unpaired) electrons. The van der Waals surface area contributed by atoms with Gasteiger partial charge in [0.25, 0.3) is 5.91 Å². The number of carbonyl (C=O) groups excluding carboxylic acids is 1. The Hall–Kier alpha value is -2.49. The summed E-state index contributed by atoms with van der Waals surface area (Å²) in [7, 11) is 1.76. The van der Waals surface area contributed by atoms with Gasteiger partial charge in [0.15, 0.2) is 11.5 Å². The van der Waals surface area contributed by atoms with Gasteiger partial charge in [0.1, 0.15) is 0 Å². The van der Waals surface area contributed by atoms with E-state index < -0.39 is 0 Å². The molecule has 0 aromatic heterocycles. The lowest BCUT2D eigenvalue weighted by Gasteiger charge is -2.18. The van der Waals surface area contributed by atoms with Gasteiger partial charge in [0.2, 0.25) is 0 Å². The van der Waals surface area contributed by atoms with Crippen LogP contribution >= 0.6 is 0 Å². The Kier molecular flexibility index (Phi) is 3.77. The molecule has 108 valence electrons. The second-order valence-corrected chi connectivity index (χ2v) is 4.91. The van der Waals surface area contributed by atoms with E-state index >= 15 is 0 Å². The van der Waals surface area contributed by atoms with E-state index in [1.54, 1.807) is 30.1 Å². The van der Waals surface area contributed by atoms with Crippen LogP contribution in [0.5, 0.6) is 11.5 Å². The van der Waals surface area contributed by atoms with Crippen molar-refractivity contribution < 1.29 is 14.3 Å². The van der Waals surface area contributed by atoms with Gasteiger partial charge in [-0.3, -0.25) is 4.79 Å². The lowest BCUT2D eigenvalue weighted by Crippen LogP contribution is -2.26. The molecule has 0 aliphatic carbocycles. The summed E-state index contributed by atoms with van der Waals surface area (Å²) in [6.45, 7) is 1.25. The Morgan fingerprint density at radius 1 is 1.00 bits per heavy atom. The molecule has 0 atom stereocenters. The van der Waals surface area contributed by atoms with Gasteiger partial charge in [-0.2, -0.15) is 0 Å². The number of rotatable bonds is 2. The first kappa shape index (κ1) is 13.5. The average molecular weight is 283 g/mol. The monoisotopic (exact) mass is 283 g/mol. The van der Waals surface area contributed by atoms with E-state index in [9.17, 15) is 4.79 Å². The van der Waals surface area contributed by atoms with Crippen molar-refractivity contribution >= 4 is 11.6 Å². The van der Waals surface area contributed by atoms with E-state index in [2.05, 4.69) is 0 Å². The van der Waals surface area contributed by atoms with E-state index in [1.165, 1.54) is 0 Å². The highest BCUT2D eigenvalue weighted by Crippen LogP contribution is 2.31. The average Bonchev–Trinajstić information content (AvgIpc) is 2.79. The van der Waals surface area contributed by atoms with Gasteiger partial charge in [0.05, 0.1) is 13.2 Å². The van der Waals surface area contributed by atoms with E-state index in [0.717, 1.165) is 12.1 Å². The van der Waals surface area contributed by atoms with Crippen LogP contribution in [0.4, 0.5) is 5.69 Å². The Morgan fingerprint density at radius 3 is 2.48 bits per heavy atom. The molecule has 1 aliphatic heterocycles. The van der Waals surface area contributed by atoms with Crippen LogP contribution in [0.3, 0.4) is 0 Å². The Bertz CT molecular complexity index is 640. The summed E-state index contributed by atoms with van der Waals surface area (Å²) in [5.41, 5.74) is 1.44. The first-order valence-electron chi connectivity index (χ1n) is 6.98. The predicted molar refractivity (Wildman–Crippen MR) is 81.2 cm³/mol. The van der Waals surface area contributed by atoms with Crippen LogP contribution in [-0.2, 0) is 0 Å². The van der Waals surface area contributed by atoms with E-state index in [1.807, 2.05) is 30.3 Å². The molecule has 0 saturated heterocycles. The minimum absolute atomic E-state index is 0.0724. The molecule has 4 nitrogen and oxygen atoms in total. The summed E-state index contributed by atoms with van der Waals surface area (Å²) >= 11 is 0. The summed E-state index contributed by atoms with van der Waals surface area (Å²) in [6, 6.07) is 14.9. The van der Waals surface area contributed by atoms with Gasteiger partial charge in [0, 0.05) is 24.7 Å². The summed E-state index contributed by atoms with van der Waals surface area (Å²) in [5.74, 6) is 1.27. The second kappa shape index (κ2) is 5.87. The number of hydrogen-bond donors (Lipinski definition) is 0. The first-order valence-corrected chi connectivity index (χ1v) is 6.98. The van der Waals surface area contributed by atoms with Gasteiger partial charge in [-0.15, -0.1) is 0 Å². The van der Waals surface area contributed by atoms with Crippen molar-refractivity contribution in [1.82, 2.24) is 0 Å². The SMILES string of the molecule is CN(C(=O)c1ccc2c(c1)OCCCO2)c1ccccc1. The van der Waals surface area contributed by atoms with Crippen molar-refractivity contribution in [3.8, 4) is 11.5 Å². The van der Waals surface area contributed by atoms with Crippen molar-refractivity contribution in [2.24, 2.45) is 0 Å². The molecule has 1 aliphatic rings. The highest BCUT2D eigenvalue weighted by atomic mass is 16.5. The molecular weight excluding hydrogens is 266 g/mol. The molecule has 0 unspecified atom stereocenters. The summed E-state index contributed by atoms with van der Waals surface area (Å²) in [6.07, 6.45) is 0.849. The van der Waals surface area contributed by atoms with Gasteiger partial charge >= 0.3 is 0 Å². The molecule has 2 aromatic carbocycles. The summed E-state index contributed by atoms with van der Waals surface area (Å²) in [5, 5.41) is 0. The molecule has 2 aromatic rings. The smallest absolute Gasteiger partial charge is 0.258 e. The zero-order valence-electron chi connectivity index (χ0n) is 11.9. The third-order valence-electron chi connectivity index (χ3n) is 3.44. The molecule has 4 heteroatoms. The number of amides is 1. The van der Waals surface area contributed by atoms with Gasteiger partial charge in [-0.1, -0.05) is 18.2 Å². The lowest BCUT2D eigenvalue weighted by atomic mass is 10.1. The molecule has 1 amide bonds. The highest BCUT2D eigenvalue weighted by molar-refractivity contribution is 6.06. The largest absolute Gasteiger partial charge is 0.490 e. The molecular formula is C17H17NO3. The van der Waals surface area contributed by atoms with Crippen LogP contribution in [0, 0.1) is 0 Å². The zero-order chi connectivity index (χ0) is 14.7. The maximum atomic E-state index is 12.5.